The summed E-state index contributed by atoms with van der Waals surface area (Å²) >= 11 is 0. The van der Waals surface area contributed by atoms with Crippen LogP contribution < -0.4 is 20.7 Å². The molecule has 0 saturated carbocycles. The molecule has 0 heterocycles. The molecule has 234 valence electrons. The summed E-state index contributed by atoms with van der Waals surface area (Å²) in [5.74, 6) is 0. The largest absolute Gasteiger partial charge is 0.405 e. The van der Waals surface area contributed by atoms with Gasteiger partial charge in [-0.15, -0.1) is 0 Å². The van der Waals surface area contributed by atoms with Crippen molar-refractivity contribution in [1.82, 2.24) is 0 Å². The quantitative estimate of drug-likeness (QED) is 0.200. The molecule has 4 aromatic carbocycles. The summed E-state index contributed by atoms with van der Waals surface area (Å²) in [7, 11) is -5.83. The van der Waals surface area contributed by atoms with Gasteiger partial charge in [-0.25, -0.2) is 0 Å². The van der Waals surface area contributed by atoms with Crippen LogP contribution in [0.1, 0.15) is 54.9 Å². The molecule has 44 heavy (non-hydrogen) atoms. The van der Waals surface area contributed by atoms with Crippen molar-refractivity contribution in [2.75, 3.05) is 6.61 Å². The lowest BCUT2D eigenvalue weighted by Crippen LogP contribution is -2.69. The molecule has 0 radical (unpaired) electrons. The Morgan fingerprint density at radius 3 is 1.11 bits per heavy atom. The van der Waals surface area contributed by atoms with Crippen LogP contribution in [0.25, 0.3) is 0 Å². The molecule has 0 unspecified atom stereocenters. The summed E-state index contributed by atoms with van der Waals surface area (Å²) in [5.41, 5.74) is 0. The van der Waals surface area contributed by atoms with Gasteiger partial charge in [-0.05, 0) is 44.2 Å². The van der Waals surface area contributed by atoms with Gasteiger partial charge < -0.3 is 19.1 Å². The molecule has 6 heteroatoms. The van der Waals surface area contributed by atoms with Crippen LogP contribution in [0, 0.1) is 0 Å². The van der Waals surface area contributed by atoms with Gasteiger partial charge in [0.15, 0.2) is 0 Å². The number of hydrogen-bond donors (Lipinski definition) is 2. The molecule has 3 atom stereocenters. The summed E-state index contributed by atoms with van der Waals surface area (Å²) in [6, 6.07) is 42.1. The molecule has 0 saturated heterocycles. The molecule has 0 aliphatic rings. The Bertz CT molecular complexity index is 1340. The molecular formula is C38H50O4Si2. The van der Waals surface area contributed by atoms with Crippen molar-refractivity contribution in [2.24, 2.45) is 0 Å². The van der Waals surface area contributed by atoms with Gasteiger partial charge in [0.25, 0.3) is 16.6 Å². The smallest absolute Gasteiger partial charge is 0.261 e. The monoisotopic (exact) mass is 626 g/mol. The molecule has 4 nitrogen and oxygen atoms in total. The van der Waals surface area contributed by atoms with Crippen molar-refractivity contribution < 1.29 is 19.1 Å². The zero-order chi connectivity index (χ0) is 32.0. The topological polar surface area (TPSA) is 58.9 Å². The highest BCUT2D eigenvalue weighted by Gasteiger charge is 2.54. The second kappa shape index (κ2) is 14.1. The van der Waals surface area contributed by atoms with E-state index < -0.39 is 35.4 Å². The number of aliphatic hydroxyl groups excluding tert-OH is 2. The molecule has 0 aliphatic heterocycles. The highest BCUT2D eigenvalue weighted by molar-refractivity contribution is 7.00. The predicted octanol–water partition coefficient (Wildman–Crippen LogP) is 5.64. The second-order valence-corrected chi connectivity index (χ2v) is 22.4. The van der Waals surface area contributed by atoms with Gasteiger partial charge in [0.05, 0.1) is 12.7 Å². The van der Waals surface area contributed by atoms with Crippen molar-refractivity contribution in [3.05, 3.63) is 121 Å². The molecule has 0 bridgehead atoms. The summed E-state index contributed by atoms with van der Waals surface area (Å²) in [6.45, 7) is 15.2. The van der Waals surface area contributed by atoms with E-state index in [0.717, 1.165) is 10.4 Å². The normalized spacial score (nSPS) is 15.0. The Balaban J connectivity index is 1.81. The molecule has 0 amide bonds. The third-order valence-corrected chi connectivity index (χ3v) is 18.9. The van der Waals surface area contributed by atoms with Gasteiger partial charge in [-0.1, -0.05) is 163 Å². The van der Waals surface area contributed by atoms with E-state index >= 15 is 0 Å². The van der Waals surface area contributed by atoms with Crippen molar-refractivity contribution in [1.29, 1.82) is 0 Å². The van der Waals surface area contributed by atoms with Gasteiger partial charge in [-0.3, -0.25) is 0 Å². The number of hydrogen-bond acceptors (Lipinski definition) is 4. The van der Waals surface area contributed by atoms with E-state index in [1.165, 1.54) is 10.4 Å². The third-order valence-electron chi connectivity index (χ3n) is 8.72. The molecule has 4 rings (SSSR count). The Labute approximate surface area is 267 Å². The van der Waals surface area contributed by atoms with Crippen LogP contribution in [0.3, 0.4) is 0 Å². The zero-order valence-electron chi connectivity index (χ0n) is 27.4. The minimum atomic E-state index is -3.00. The van der Waals surface area contributed by atoms with Gasteiger partial charge in [0.2, 0.25) is 0 Å². The maximum atomic E-state index is 11.4. The van der Waals surface area contributed by atoms with E-state index in [2.05, 4.69) is 146 Å². The van der Waals surface area contributed by atoms with Crippen molar-refractivity contribution in [3.8, 4) is 0 Å². The van der Waals surface area contributed by atoms with Crippen LogP contribution in [-0.4, -0.2) is 51.8 Å². The summed E-state index contributed by atoms with van der Waals surface area (Å²) in [4.78, 5) is 0. The van der Waals surface area contributed by atoms with E-state index in [1.54, 1.807) is 0 Å². The number of rotatable bonds is 12. The second-order valence-electron chi connectivity index (χ2n) is 13.9. The summed E-state index contributed by atoms with van der Waals surface area (Å²) in [5, 5.41) is 25.9. The van der Waals surface area contributed by atoms with Crippen molar-refractivity contribution >= 4 is 37.4 Å². The van der Waals surface area contributed by atoms with Crippen LogP contribution in [0.4, 0.5) is 0 Å². The minimum absolute atomic E-state index is 0.187. The number of benzene rings is 4. The lowest BCUT2D eigenvalue weighted by atomic mass is 10.1. The van der Waals surface area contributed by atoms with Crippen molar-refractivity contribution in [3.63, 3.8) is 0 Å². The first-order valence-electron chi connectivity index (χ1n) is 15.7. The molecule has 0 fully saturated rings. The Morgan fingerprint density at radius 1 is 0.545 bits per heavy atom. The first-order chi connectivity index (χ1) is 20.9. The zero-order valence-corrected chi connectivity index (χ0v) is 29.4. The highest BCUT2D eigenvalue weighted by Crippen LogP contribution is 2.40. The highest BCUT2D eigenvalue weighted by atomic mass is 28.4. The fourth-order valence-corrected chi connectivity index (χ4v) is 16.1. The average molecular weight is 627 g/mol. The lowest BCUT2D eigenvalue weighted by Gasteiger charge is -2.47. The van der Waals surface area contributed by atoms with Crippen LogP contribution in [-0.2, 0) is 8.85 Å². The maximum absolute atomic E-state index is 11.4. The first-order valence-corrected chi connectivity index (χ1v) is 19.5. The summed E-state index contributed by atoms with van der Waals surface area (Å²) < 4.78 is 14.8. The Morgan fingerprint density at radius 2 is 0.841 bits per heavy atom. The van der Waals surface area contributed by atoms with E-state index in [9.17, 15) is 10.2 Å². The third kappa shape index (κ3) is 6.86. The molecular weight excluding hydrogens is 577 g/mol. The fourth-order valence-electron chi connectivity index (χ4n) is 6.69. The first kappa shape index (κ1) is 34.0. The van der Waals surface area contributed by atoms with Gasteiger partial charge in [0.1, 0.15) is 6.10 Å². The molecule has 4 aromatic rings. The van der Waals surface area contributed by atoms with Gasteiger partial charge in [-0.2, -0.15) is 0 Å². The van der Waals surface area contributed by atoms with E-state index in [-0.39, 0.29) is 16.2 Å². The Hall–Kier alpha value is -2.85. The molecule has 0 aliphatic carbocycles. The van der Waals surface area contributed by atoms with Crippen LogP contribution >= 0.6 is 0 Å². The van der Waals surface area contributed by atoms with Crippen LogP contribution in [0.15, 0.2) is 121 Å². The van der Waals surface area contributed by atoms with Gasteiger partial charge in [0, 0.05) is 6.10 Å². The van der Waals surface area contributed by atoms with Crippen molar-refractivity contribution in [2.45, 2.75) is 83.3 Å². The Kier molecular flexibility index (Phi) is 10.9. The van der Waals surface area contributed by atoms with Crippen LogP contribution in [0.2, 0.25) is 10.1 Å². The predicted molar refractivity (Wildman–Crippen MR) is 188 cm³/mol. The van der Waals surface area contributed by atoms with Gasteiger partial charge >= 0.3 is 0 Å². The fraction of sp³-hybridized carbons (Fsp3) is 0.368. The SMILES string of the molecule is C[C@H](C[C@H](O[Si](c1ccccc1)(c1ccccc1)C(C)(C)C)[C@H](O)CO)O[Si](c1ccccc1)(c1ccccc1)C(C)(C)C. The number of aliphatic hydroxyl groups is 2. The van der Waals surface area contributed by atoms with E-state index in [4.69, 9.17) is 8.85 Å². The van der Waals surface area contributed by atoms with E-state index in [1.807, 2.05) is 24.3 Å². The average Bonchev–Trinajstić information content (AvgIpc) is 3.02. The van der Waals surface area contributed by atoms with E-state index in [0.29, 0.717) is 6.42 Å². The van der Waals surface area contributed by atoms with Crippen LogP contribution in [0.5, 0.6) is 0 Å². The summed E-state index contributed by atoms with van der Waals surface area (Å²) in [6.07, 6.45) is -1.57. The minimum Gasteiger partial charge on any atom is -0.405 e. The molecule has 0 spiro atoms. The maximum Gasteiger partial charge on any atom is 0.261 e. The standard InChI is InChI=1S/C38H50O4Si2/c1-30(41-43(37(2,3)4,31-20-12-8-13-21-31)32-22-14-9-15-23-32)28-36(35(40)29-39)42-44(38(5,6)7,33-24-16-10-17-25-33)34-26-18-11-19-27-34/h8-27,30,35-36,39-40H,28-29H2,1-7H3/t30-,35-,36+/m1/s1. The lowest BCUT2D eigenvalue weighted by molar-refractivity contribution is -0.0236. The molecule has 0 aromatic heterocycles. The molecule has 2 N–H and O–H groups in total.